The summed E-state index contributed by atoms with van der Waals surface area (Å²) < 4.78 is 0. The summed E-state index contributed by atoms with van der Waals surface area (Å²) in [5.74, 6) is 2.35. The van der Waals surface area contributed by atoms with Crippen LogP contribution < -0.4 is 0 Å². The third-order valence-electron chi connectivity index (χ3n) is 9.40. The van der Waals surface area contributed by atoms with E-state index in [0.717, 1.165) is 5.52 Å². The van der Waals surface area contributed by atoms with Crippen LogP contribution in [0.3, 0.4) is 0 Å². The predicted molar refractivity (Wildman–Crippen MR) is 226 cm³/mol. The van der Waals surface area contributed by atoms with E-state index in [4.69, 9.17) is 0 Å². The zero-order valence-corrected chi connectivity index (χ0v) is 32.1. The van der Waals surface area contributed by atoms with Gasteiger partial charge in [-0.2, -0.15) is 0 Å². The number of hydrogen-bond acceptors (Lipinski definition) is 3. The van der Waals surface area contributed by atoms with Crippen molar-refractivity contribution in [1.82, 2.24) is 15.0 Å². The Labute approximate surface area is 310 Å². The van der Waals surface area contributed by atoms with Gasteiger partial charge in [-0.05, 0) is 104 Å². The summed E-state index contributed by atoms with van der Waals surface area (Å²) in [4.78, 5) is 12.6. The minimum atomic E-state index is 0.563. The van der Waals surface area contributed by atoms with E-state index in [2.05, 4.69) is 180 Å². The van der Waals surface area contributed by atoms with Gasteiger partial charge in [-0.25, -0.2) is 0 Å². The SMILES string of the molecule is CC(C)c1ccc2ccccc2c1.CC(C)c1ccc2ccncc2c1.CC(C)c1ccc2ncccc2c1.CC(C)c1cccc2ccncc12. The molecule has 0 bridgehead atoms. The molecule has 0 unspecified atom stereocenters. The van der Waals surface area contributed by atoms with Gasteiger partial charge in [-0.3, -0.25) is 15.0 Å². The monoisotopic (exact) mass is 683 g/mol. The van der Waals surface area contributed by atoms with Gasteiger partial charge in [0, 0.05) is 47.1 Å². The lowest BCUT2D eigenvalue weighted by atomic mass is 9.98. The summed E-state index contributed by atoms with van der Waals surface area (Å²) in [6.07, 6.45) is 9.37. The second kappa shape index (κ2) is 18.2. The number of pyridine rings is 3. The molecule has 52 heavy (non-hydrogen) atoms. The smallest absolute Gasteiger partial charge is 0.0702 e. The van der Waals surface area contributed by atoms with Crippen LogP contribution in [-0.4, -0.2) is 15.0 Å². The number of benzene rings is 5. The fraction of sp³-hybridized carbons (Fsp3) is 0.245. The molecule has 0 spiro atoms. The van der Waals surface area contributed by atoms with Gasteiger partial charge in [-0.15, -0.1) is 0 Å². The second-order valence-corrected chi connectivity index (χ2v) is 14.6. The first-order valence-corrected chi connectivity index (χ1v) is 18.6. The summed E-state index contributed by atoms with van der Waals surface area (Å²) in [6, 6.07) is 42.8. The van der Waals surface area contributed by atoms with Crippen molar-refractivity contribution in [3.05, 3.63) is 175 Å². The molecule has 8 aromatic rings. The van der Waals surface area contributed by atoms with E-state index in [9.17, 15) is 0 Å². The molecule has 0 saturated carbocycles. The average Bonchev–Trinajstić information content (AvgIpc) is 3.17. The first kappa shape index (κ1) is 37.8. The first-order valence-electron chi connectivity index (χ1n) is 18.6. The molecule has 0 atom stereocenters. The van der Waals surface area contributed by atoms with Gasteiger partial charge >= 0.3 is 0 Å². The van der Waals surface area contributed by atoms with Crippen molar-refractivity contribution < 1.29 is 0 Å². The van der Waals surface area contributed by atoms with Gasteiger partial charge in [0.2, 0.25) is 0 Å². The Morgan fingerprint density at radius 2 is 0.885 bits per heavy atom. The van der Waals surface area contributed by atoms with Crippen LogP contribution >= 0.6 is 0 Å². The van der Waals surface area contributed by atoms with Crippen molar-refractivity contribution in [3.8, 4) is 0 Å². The van der Waals surface area contributed by atoms with Crippen LogP contribution in [-0.2, 0) is 0 Å². The lowest BCUT2D eigenvalue weighted by Crippen LogP contribution is -1.89. The molecule has 0 fully saturated rings. The molecular weight excluding hydrogens is 631 g/mol. The maximum Gasteiger partial charge on any atom is 0.0702 e. The van der Waals surface area contributed by atoms with Crippen LogP contribution in [0.1, 0.15) is 101 Å². The molecule has 3 aromatic heterocycles. The molecule has 3 heteroatoms. The molecule has 0 saturated heterocycles. The van der Waals surface area contributed by atoms with Crippen LogP contribution in [0.4, 0.5) is 0 Å². The molecule has 3 heterocycles. The molecule has 264 valence electrons. The van der Waals surface area contributed by atoms with Crippen molar-refractivity contribution in [2.24, 2.45) is 0 Å². The van der Waals surface area contributed by atoms with Gasteiger partial charge in [0.1, 0.15) is 0 Å². The maximum atomic E-state index is 4.28. The molecule has 8 rings (SSSR count). The normalized spacial score (nSPS) is 11.0. The Bertz CT molecular complexity index is 2120. The van der Waals surface area contributed by atoms with Gasteiger partial charge in [0.05, 0.1) is 5.52 Å². The molecule has 3 nitrogen and oxygen atoms in total. The predicted octanol–water partition coefficient (Wildman–Crippen LogP) is 14.0. The number of nitrogens with zero attached hydrogens (tertiary/aromatic N) is 3. The van der Waals surface area contributed by atoms with Gasteiger partial charge in [0.15, 0.2) is 0 Å². The van der Waals surface area contributed by atoms with Gasteiger partial charge in [0.25, 0.3) is 0 Å². The minimum Gasteiger partial charge on any atom is -0.264 e. The van der Waals surface area contributed by atoms with E-state index in [0.29, 0.717) is 23.7 Å². The highest BCUT2D eigenvalue weighted by atomic mass is 14.6. The highest BCUT2D eigenvalue weighted by molar-refractivity contribution is 5.85. The minimum absolute atomic E-state index is 0.563. The van der Waals surface area contributed by atoms with Crippen LogP contribution in [0.15, 0.2) is 152 Å². The summed E-state index contributed by atoms with van der Waals surface area (Å²) in [7, 11) is 0. The Morgan fingerprint density at radius 1 is 0.365 bits per heavy atom. The number of rotatable bonds is 4. The first-order chi connectivity index (χ1) is 25.1. The Kier molecular flexibility index (Phi) is 13.2. The maximum absolute atomic E-state index is 4.28. The molecule has 0 amide bonds. The van der Waals surface area contributed by atoms with E-state index in [1.807, 2.05) is 43.1 Å². The van der Waals surface area contributed by atoms with Gasteiger partial charge < -0.3 is 0 Å². The van der Waals surface area contributed by atoms with Crippen molar-refractivity contribution in [3.63, 3.8) is 0 Å². The number of fused-ring (bicyclic) bond motifs is 4. The average molecular weight is 684 g/mol. The number of aromatic nitrogens is 3. The quantitative estimate of drug-likeness (QED) is 0.185. The highest BCUT2D eigenvalue weighted by Crippen LogP contribution is 2.25. The standard InChI is InChI=1S/C13H14.3C12H13N/c1-10(2)12-8-7-11-5-3-4-6-13(11)9-12;1-9(2)11-4-3-10-5-6-13-8-12(10)7-11;1-9(2)10-5-6-12-11(8-10)4-3-7-13-12;1-9(2)11-5-3-4-10-6-7-13-8-12(10)11/h3-10H,1-2H3;3*3-9H,1-2H3. The molecular formula is C49H53N3. The zero-order valence-electron chi connectivity index (χ0n) is 32.1. The van der Waals surface area contributed by atoms with Crippen molar-refractivity contribution in [1.29, 1.82) is 0 Å². The summed E-state index contributed by atoms with van der Waals surface area (Å²) in [5, 5.41) is 8.95. The molecule has 0 radical (unpaired) electrons. The van der Waals surface area contributed by atoms with Crippen LogP contribution in [0.25, 0.3) is 43.2 Å². The fourth-order valence-electron chi connectivity index (χ4n) is 6.12. The number of hydrogen-bond donors (Lipinski definition) is 0. The second-order valence-electron chi connectivity index (χ2n) is 14.6. The Balaban J connectivity index is 0.000000134. The Hall–Kier alpha value is -5.41. The molecule has 0 N–H and O–H groups in total. The fourth-order valence-corrected chi connectivity index (χ4v) is 6.12. The van der Waals surface area contributed by atoms with Crippen LogP contribution in [0, 0.1) is 0 Å². The van der Waals surface area contributed by atoms with E-state index in [1.165, 1.54) is 60.0 Å². The van der Waals surface area contributed by atoms with E-state index < -0.39 is 0 Å². The highest BCUT2D eigenvalue weighted by Gasteiger charge is 2.04. The summed E-state index contributed by atoms with van der Waals surface area (Å²) >= 11 is 0. The van der Waals surface area contributed by atoms with Crippen LogP contribution in [0.5, 0.6) is 0 Å². The van der Waals surface area contributed by atoms with Crippen molar-refractivity contribution >= 4 is 43.2 Å². The lowest BCUT2D eigenvalue weighted by molar-refractivity contribution is 0.868. The van der Waals surface area contributed by atoms with E-state index >= 15 is 0 Å². The van der Waals surface area contributed by atoms with Crippen molar-refractivity contribution in [2.75, 3.05) is 0 Å². The topological polar surface area (TPSA) is 38.7 Å². The summed E-state index contributed by atoms with van der Waals surface area (Å²) in [5.41, 5.74) is 6.62. The Morgan fingerprint density at radius 3 is 1.54 bits per heavy atom. The third kappa shape index (κ3) is 10.1. The summed E-state index contributed by atoms with van der Waals surface area (Å²) in [6.45, 7) is 17.7. The van der Waals surface area contributed by atoms with Gasteiger partial charge in [-0.1, -0.05) is 140 Å². The molecule has 0 aliphatic carbocycles. The molecule has 0 aliphatic heterocycles. The molecule has 0 aliphatic rings. The lowest BCUT2D eigenvalue weighted by Gasteiger charge is -2.08. The largest absolute Gasteiger partial charge is 0.264 e. The van der Waals surface area contributed by atoms with E-state index in [1.54, 1.807) is 0 Å². The molecule has 5 aromatic carbocycles. The third-order valence-corrected chi connectivity index (χ3v) is 9.40. The van der Waals surface area contributed by atoms with Crippen molar-refractivity contribution in [2.45, 2.75) is 79.1 Å². The zero-order chi connectivity index (χ0) is 37.0. The van der Waals surface area contributed by atoms with E-state index in [-0.39, 0.29) is 0 Å². The van der Waals surface area contributed by atoms with Crippen LogP contribution in [0.2, 0.25) is 0 Å².